The summed E-state index contributed by atoms with van der Waals surface area (Å²) in [4.78, 5) is 2.74. The minimum absolute atomic E-state index is 0.861. The molecule has 3 heteroatoms. The van der Waals surface area contributed by atoms with Gasteiger partial charge in [0, 0.05) is 37.4 Å². The molecule has 0 saturated heterocycles. The van der Waals surface area contributed by atoms with Crippen LogP contribution in [0.15, 0.2) is 0 Å². The van der Waals surface area contributed by atoms with Gasteiger partial charge in [0.1, 0.15) is 0 Å². The maximum absolute atomic E-state index is 4.57. The predicted octanol–water partition coefficient (Wildman–Crippen LogP) is 3.19. The average molecular weight is 261 g/mol. The van der Waals surface area contributed by atoms with Gasteiger partial charge in [0.15, 0.2) is 0 Å². The van der Waals surface area contributed by atoms with E-state index >= 15 is 0 Å². The van der Waals surface area contributed by atoms with Crippen molar-refractivity contribution in [1.82, 2.24) is 14.7 Å². The second kappa shape index (κ2) is 5.28. The van der Waals surface area contributed by atoms with Gasteiger partial charge >= 0.3 is 0 Å². The summed E-state index contributed by atoms with van der Waals surface area (Å²) in [5, 5.41) is 4.57. The fourth-order valence-corrected chi connectivity index (χ4v) is 3.56. The molecule has 1 aromatic heterocycles. The molecule has 2 saturated carbocycles. The van der Waals surface area contributed by atoms with E-state index in [1.54, 1.807) is 0 Å². The molecule has 0 aliphatic heterocycles. The zero-order chi connectivity index (χ0) is 13.4. The molecule has 2 aliphatic rings. The summed E-state index contributed by atoms with van der Waals surface area (Å²) < 4.78 is 2.03. The molecule has 0 spiro atoms. The Bertz CT molecular complexity index is 439. The van der Waals surface area contributed by atoms with Crippen LogP contribution in [-0.4, -0.2) is 27.3 Å². The molecule has 1 heterocycles. The second-order valence-electron chi connectivity index (χ2n) is 6.58. The molecule has 0 bridgehead atoms. The number of hydrogen-bond acceptors (Lipinski definition) is 2. The molecule has 106 valence electrons. The fraction of sp³-hybridized carbons (Fsp3) is 0.812. The SMILES string of the molecule is Cc1nn(C)c(C)c1CN(CC1CCCC1)C1CC1. The third-order valence-electron chi connectivity index (χ3n) is 5.05. The molecule has 2 aliphatic carbocycles. The Morgan fingerprint density at radius 3 is 2.37 bits per heavy atom. The van der Waals surface area contributed by atoms with Crippen molar-refractivity contribution in [2.24, 2.45) is 13.0 Å². The Hall–Kier alpha value is -0.830. The maximum atomic E-state index is 4.57. The predicted molar refractivity (Wildman–Crippen MR) is 78.1 cm³/mol. The van der Waals surface area contributed by atoms with Crippen LogP contribution in [0.1, 0.15) is 55.5 Å². The van der Waals surface area contributed by atoms with Crippen LogP contribution in [0.4, 0.5) is 0 Å². The lowest BCUT2D eigenvalue weighted by Crippen LogP contribution is -2.30. The lowest BCUT2D eigenvalue weighted by molar-refractivity contribution is 0.213. The molecule has 0 atom stereocenters. The summed E-state index contributed by atoms with van der Waals surface area (Å²) in [6, 6.07) is 0.861. The molecule has 0 unspecified atom stereocenters. The monoisotopic (exact) mass is 261 g/mol. The third-order valence-corrected chi connectivity index (χ3v) is 5.05. The van der Waals surface area contributed by atoms with Gasteiger partial charge in [-0.25, -0.2) is 0 Å². The van der Waals surface area contributed by atoms with Gasteiger partial charge < -0.3 is 0 Å². The molecule has 3 rings (SSSR count). The molecular formula is C16H27N3. The summed E-state index contributed by atoms with van der Waals surface area (Å²) in [5.41, 5.74) is 4.03. The Labute approximate surface area is 117 Å². The smallest absolute Gasteiger partial charge is 0.0641 e. The summed E-state index contributed by atoms with van der Waals surface area (Å²) in [7, 11) is 2.06. The van der Waals surface area contributed by atoms with Crippen LogP contribution >= 0.6 is 0 Å². The number of nitrogens with zero attached hydrogens (tertiary/aromatic N) is 3. The summed E-state index contributed by atoms with van der Waals surface area (Å²) >= 11 is 0. The van der Waals surface area contributed by atoms with Gasteiger partial charge in [0.25, 0.3) is 0 Å². The van der Waals surface area contributed by atoms with Gasteiger partial charge in [0.2, 0.25) is 0 Å². The van der Waals surface area contributed by atoms with Gasteiger partial charge in [-0.1, -0.05) is 12.8 Å². The number of hydrogen-bond donors (Lipinski definition) is 0. The third kappa shape index (κ3) is 2.86. The lowest BCUT2D eigenvalue weighted by atomic mass is 10.1. The van der Waals surface area contributed by atoms with E-state index in [4.69, 9.17) is 0 Å². The van der Waals surface area contributed by atoms with E-state index < -0.39 is 0 Å². The Balaban J connectivity index is 1.70. The Morgan fingerprint density at radius 1 is 1.16 bits per heavy atom. The van der Waals surface area contributed by atoms with Crippen molar-refractivity contribution in [3.63, 3.8) is 0 Å². The Morgan fingerprint density at radius 2 is 1.84 bits per heavy atom. The molecular weight excluding hydrogens is 234 g/mol. The van der Waals surface area contributed by atoms with Gasteiger partial charge in [-0.2, -0.15) is 5.10 Å². The van der Waals surface area contributed by atoms with Crippen molar-refractivity contribution < 1.29 is 0 Å². The zero-order valence-electron chi connectivity index (χ0n) is 12.7. The van der Waals surface area contributed by atoms with Crippen LogP contribution in [0.25, 0.3) is 0 Å². The van der Waals surface area contributed by atoms with E-state index in [2.05, 4.69) is 30.9 Å². The normalized spacial score (nSPS) is 20.6. The minimum atomic E-state index is 0.861. The molecule has 19 heavy (non-hydrogen) atoms. The van der Waals surface area contributed by atoms with E-state index in [9.17, 15) is 0 Å². The molecule has 3 nitrogen and oxygen atoms in total. The molecule has 0 aromatic carbocycles. The standard InChI is InChI=1S/C16H27N3/c1-12-16(13(2)18(3)17-12)11-19(15-8-9-15)10-14-6-4-5-7-14/h14-15H,4-11H2,1-3H3. The van der Waals surface area contributed by atoms with E-state index in [1.165, 1.54) is 62.0 Å². The van der Waals surface area contributed by atoms with E-state index in [0.29, 0.717) is 0 Å². The highest BCUT2D eigenvalue weighted by atomic mass is 15.3. The van der Waals surface area contributed by atoms with Crippen molar-refractivity contribution in [2.75, 3.05) is 6.54 Å². The van der Waals surface area contributed by atoms with Crippen LogP contribution in [0.3, 0.4) is 0 Å². The summed E-state index contributed by atoms with van der Waals surface area (Å²) in [5.74, 6) is 0.956. The van der Waals surface area contributed by atoms with Crippen molar-refractivity contribution in [1.29, 1.82) is 0 Å². The van der Waals surface area contributed by atoms with Crippen molar-refractivity contribution in [2.45, 2.75) is 65.0 Å². The molecule has 2 fully saturated rings. The van der Waals surface area contributed by atoms with Crippen molar-refractivity contribution in [3.8, 4) is 0 Å². The average Bonchev–Trinajstić information content (AvgIpc) is 3.05. The van der Waals surface area contributed by atoms with Crippen LogP contribution in [0.5, 0.6) is 0 Å². The van der Waals surface area contributed by atoms with Crippen molar-refractivity contribution in [3.05, 3.63) is 17.0 Å². The largest absolute Gasteiger partial charge is 0.296 e. The number of aryl methyl sites for hydroxylation is 2. The minimum Gasteiger partial charge on any atom is -0.296 e. The molecule has 1 aromatic rings. The highest BCUT2D eigenvalue weighted by molar-refractivity contribution is 5.24. The van der Waals surface area contributed by atoms with Crippen LogP contribution in [-0.2, 0) is 13.6 Å². The highest BCUT2D eigenvalue weighted by Crippen LogP contribution is 2.33. The van der Waals surface area contributed by atoms with Crippen LogP contribution in [0.2, 0.25) is 0 Å². The summed E-state index contributed by atoms with van der Waals surface area (Å²) in [6.07, 6.45) is 8.63. The van der Waals surface area contributed by atoms with E-state index in [1.807, 2.05) is 4.68 Å². The van der Waals surface area contributed by atoms with E-state index in [0.717, 1.165) is 18.5 Å². The number of rotatable bonds is 5. The number of aromatic nitrogens is 2. The highest BCUT2D eigenvalue weighted by Gasteiger charge is 2.32. The first-order chi connectivity index (χ1) is 9.15. The van der Waals surface area contributed by atoms with Crippen LogP contribution < -0.4 is 0 Å². The topological polar surface area (TPSA) is 21.1 Å². The molecule has 0 N–H and O–H groups in total. The lowest BCUT2D eigenvalue weighted by Gasteiger charge is -2.25. The van der Waals surface area contributed by atoms with Gasteiger partial charge in [-0.15, -0.1) is 0 Å². The Kier molecular flexibility index (Phi) is 3.66. The van der Waals surface area contributed by atoms with Crippen LogP contribution in [0, 0.1) is 19.8 Å². The van der Waals surface area contributed by atoms with Crippen molar-refractivity contribution >= 4 is 0 Å². The molecule has 0 radical (unpaired) electrons. The van der Waals surface area contributed by atoms with Gasteiger partial charge in [-0.3, -0.25) is 9.58 Å². The molecule has 0 amide bonds. The van der Waals surface area contributed by atoms with Gasteiger partial charge in [-0.05, 0) is 45.4 Å². The summed E-state index contributed by atoms with van der Waals surface area (Å²) in [6.45, 7) is 6.80. The first-order valence-corrected chi connectivity index (χ1v) is 7.88. The quantitative estimate of drug-likeness (QED) is 0.811. The first kappa shape index (κ1) is 13.2. The van der Waals surface area contributed by atoms with Gasteiger partial charge in [0.05, 0.1) is 5.69 Å². The van der Waals surface area contributed by atoms with E-state index in [-0.39, 0.29) is 0 Å². The fourth-order valence-electron chi connectivity index (χ4n) is 3.56. The maximum Gasteiger partial charge on any atom is 0.0641 e. The first-order valence-electron chi connectivity index (χ1n) is 7.88. The zero-order valence-corrected chi connectivity index (χ0v) is 12.7. The second-order valence-corrected chi connectivity index (χ2v) is 6.58.